The molecule has 1 aromatic carbocycles. The summed E-state index contributed by atoms with van der Waals surface area (Å²) in [6.07, 6.45) is 2.00. The first-order valence-electron chi connectivity index (χ1n) is 5.19. The zero-order chi connectivity index (χ0) is 10.7. The fraction of sp³-hybridized carbons (Fsp3) is 0.455. The maximum Gasteiger partial charge on any atom is 0.152 e. The van der Waals surface area contributed by atoms with Crippen molar-refractivity contribution in [3.05, 3.63) is 24.3 Å². The summed E-state index contributed by atoms with van der Waals surface area (Å²) in [5.41, 5.74) is 1.94. The molecule has 0 aliphatic rings. The molecule has 0 spiro atoms. The molecule has 0 N–H and O–H groups in total. The summed E-state index contributed by atoms with van der Waals surface area (Å²) >= 11 is 0. The molecule has 1 atom stereocenters. The highest BCUT2D eigenvalue weighted by Gasteiger charge is 2.13. The highest BCUT2D eigenvalue weighted by molar-refractivity contribution is 5.73. The molecular weight excluding hydrogens is 190 g/mol. The lowest BCUT2D eigenvalue weighted by atomic mass is 10.3. The van der Waals surface area contributed by atoms with Crippen LogP contribution in [0.25, 0.3) is 11.0 Å². The van der Waals surface area contributed by atoms with Crippen LogP contribution < -0.4 is 0 Å². The van der Waals surface area contributed by atoms with Gasteiger partial charge in [0.15, 0.2) is 6.23 Å². The minimum atomic E-state index is -0.0117. The van der Waals surface area contributed by atoms with Crippen LogP contribution in [0.2, 0.25) is 0 Å². The largest absolute Gasteiger partial charge is 0.360 e. The summed E-state index contributed by atoms with van der Waals surface area (Å²) in [4.78, 5) is 0. The van der Waals surface area contributed by atoms with Gasteiger partial charge >= 0.3 is 0 Å². The highest BCUT2D eigenvalue weighted by atomic mass is 16.5. The lowest BCUT2D eigenvalue weighted by Gasteiger charge is -2.14. The Kier molecular flexibility index (Phi) is 2.97. The van der Waals surface area contributed by atoms with Gasteiger partial charge in [-0.15, -0.1) is 5.10 Å². The third kappa shape index (κ3) is 1.85. The second-order valence-corrected chi connectivity index (χ2v) is 3.50. The average molecular weight is 205 g/mol. The van der Waals surface area contributed by atoms with Gasteiger partial charge in [-0.2, -0.15) is 0 Å². The molecule has 4 nitrogen and oxygen atoms in total. The van der Waals surface area contributed by atoms with Gasteiger partial charge in [-0.1, -0.05) is 30.7 Å². The van der Waals surface area contributed by atoms with Crippen LogP contribution >= 0.6 is 0 Å². The third-order valence-corrected chi connectivity index (χ3v) is 2.46. The van der Waals surface area contributed by atoms with Crippen molar-refractivity contribution >= 4 is 11.0 Å². The Morgan fingerprint density at radius 3 is 2.93 bits per heavy atom. The van der Waals surface area contributed by atoms with Gasteiger partial charge in [0.25, 0.3) is 0 Å². The summed E-state index contributed by atoms with van der Waals surface area (Å²) in [5.74, 6) is 0. The molecule has 1 heterocycles. The average Bonchev–Trinajstić information content (AvgIpc) is 2.70. The lowest BCUT2D eigenvalue weighted by molar-refractivity contribution is 0.0285. The smallest absolute Gasteiger partial charge is 0.152 e. The molecule has 0 fully saturated rings. The maximum atomic E-state index is 5.40. The van der Waals surface area contributed by atoms with Crippen LogP contribution in [0.1, 0.15) is 26.0 Å². The molecule has 0 saturated heterocycles. The normalized spacial score (nSPS) is 13.2. The molecule has 0 amide bonds. The Bertz CT molecular complexity index is 438. The number of nitrogens with zero attached hydrogens (tertiary/aromatic N) is 3. The fourth-order valence-corrected chi connectivity index (χ4v) is 1.69. The maximum absolute atomic E-state index is 5.40. The van der Waals surface area contributed by atoms with E-state index in [0.717, 1.165) is 23.9 Å². The summed E-state index contributed by atoms with van der Waals surface area (Å²) in [6.45, 7) is 2.13. The van der Waals surface area contributed by atoms with E-state index in [9.17, 15) is 0 Å². The predicted molar refractivity (Wildman–Crippen MR) is 58.5 cm³/mol. The lowest BCUT2D eigenvalue weighted by Crippen LogP contribution is -2.12. The number of benzene rings is 1. The van der Waals surface area contributed by atoms with E-state index >= 15 is 0 Å². The van der Waals surface area contributed by atoms with Crippen molar-refractivity contribution in [2.45, 2.75) is 26.0 Å². The van der Waals surface area contributed by atoms with E-state index in [1.807, 2.05) is 28.9 Å². The van der Waals surface area contributed by atoms with Gasteiger partial charge in [0, 0.05) is 7.11 Å². The molecule has 4 heteroatoms. The van der Waals surface area contributed by atoms with Gasteiger partial charge in [-0.3, -0.25) is 0 Å². The Hall–Kier alpha value is -1.42. The number of para-hydroxylation sites is 1. The standard InChI is InChI=1S/C11H15N3O/c1-3-6-11(15-2)14-10-8-5-4-7-9(10)12-13-14/h4-5,7-8,11H,3,6H2,1-2H3. The van der Waals surface area contributed by atoms with Crippen LogP contribution in [-0.2, 0) is 4.74 Å². The van der Waals surface area contributed by atoms with E-state index in [1.54, 1.807) is 7.11 Å². The van der Waals surface area contributed by atoms with Crippen LogP contribution in [0, 0.1) is 0 Å². The number of aromatic nitrogens is 3. The molecule has 2 rings (SSSR count). The molecule has 15 heavy (non-hydrogen) atoms. The van der Waals surface area contributed by atoms with Crippen LogP contribution in [0.5, 0.6) is 0 Å². The topological polar surface area (TPSA) is 39.9 Å². The first-order chi connectivity index (χ1) is 7.36. The summed E-state index contributed by atoms with van der Waals surface area (Å²) in [7, 11) is 1.71. The number of ether oxygens (including phenoxy) is 1. The molecular formula is C11H15N3O. The van der Waals surface area contributed by atoms with E-state index < -0.39 is 0 Å². The van der Waals surface area contributed by atoms with Gasteiger partial charge < -0.3 is 4.74 Å². The summed E-state index contributed by atoms with van der Waals surface area (Å²) < 4.78 is 7.25. The molecule has 0 aliphatic carbocycles. The molecule has 80 valence electrons. The zero-order valence-corrected chi connectivity index (χ0v) is 9.05. The molecule has 1 aromatic heterocycles. The van der Waals surface area contributed by atoms with Gasteiger partial charge in [0.05, 0.1) is 5.52 Å². The Morgan fingerprint density at radius 1 is 1.40 bits per heavy atom. The van der Waals surface area contributed by atoms with E-state index in [2.05, 4.69) is 17.2 Å². The van der Waals surface area contributed by atoms with Crippen molar-refractivity contribution in [3.63, 3.8) is 0 Å². The van der Waals surface area contributed by atoms with E-state index in [1.165, 1.54) is 0 Å². The van der Waals surface area contributed by atoms with Crippen molar-refractivity contribution < 1.29 is 4.74 Å². The monoisotopic (exact) mass is 205 g/mol. The molecule has 0 radical (unpaired) electrons. The van der Waals surface area contributed by atoms with Crippen molar-refractivity contribution in [2.75, 3.05) is 7.11 Å². The molecule has 0 bridgehead atoms. The number of fused-ring (bicyclic) bond motifs is 1. The zero-order valence-electron chi connectivity index (χ0n) is 9.05. The number of methoxy groups -OCH3 is 1. The van der Waals surface area contributed by atoms with E-state index in [0.29, 0.717) is 0 Å². The first-order valence-corrected chi connectivity index (χ1v) is 5.19. The SMILES string of the molecule is CCCC(OC)n1nnc2ccccc21. The van der Waals surface area contributed by atoms with Gasteiger partial charge in [-0.05, 0) is 18.6 Å². The molecule has 1 unspecified atom stereocenters. The summed E-state index contributed by atoms with van der Waals surface area (Å²) in [6, 6.07) is 7.92. The first kappa shape index (κ1) is 10.1. The fourth-order valence-electron chi connectivity index (χ4n) is 1.69. The van der Waals surface area contributed by atoms with Crippen LogP contribution in [-0.4, -0.2) is 22.1 Å². The van der Waals surface area contributed by atoms with Crippen molar-refractivity contribution in [1.82, 2.24) is 15.0 Å². The van der Waals surface area contributed by atoms with Crippen molar-refractivity contribution in [3.8, 4) is 0 Å². The predicted octanol–water partition coefficient (Wildman–Crippen LogP) is 2.38. The highest BCUT2D eigenvalue weighted by Crippen LogP contribution is 2.19. The second-order valence-electron chi connectivity index (χ2n) is 3.50. The van der Waals surface area contributed by atoms with Crippen molar-refractivity contribution in [2.24, 2.45) is 0 Å². The van der Waals surface area contributed by atoms with E-state index in [-0.39, 0.29) is 6.23 Å². The minimum Gasteiger partial charge on any atom is -0.360 e. The quantitative estimate of drug-likeness (QED) is 0.769. The van der Waals surface area contributed by atoms with Crippen LogP contribution in [0.15, 0.2) is 24.3 Å². The number of hydrogen-bond donors (Lipinski definition) is 0. The van der Waals surface area contributed by atoms with Crippen molar-refractivity contribution in [1.29, 1.82) is 0 Å². The second kappa shape index (κ2) is 4.40. The molecule has 0 saturated carbocycles. The van der Waals surface area contributed by atoms with Gasteiger partial charge in [0.1, 0.15) is 5.52 Å². The number of hydrogen-bond acceptors (Lipinski definition) is 3. The van der Waals surface area contributed by atoms with Crippen LogP contribution in [0.3, 0.4) is 0 Å². The molecule has 0 aliphatic heterocycles. The van der Waals surface area contributed by atoms with Crippen LogP contribution in [0.4, 0.5) is 0 Å². The minimum absolute atomic E-state index is 0.0117. The Morgan fingerprint density at radius 2 is 2.20 bits per heavy atom. The number of rotatable bonds is 4. The van der Waals surface area contributed by atoms with Gasteiger partial charge in [-0.25, -0.2) is 4.68 Å². The van der Waals surface area contributed by atoms with E-state index in [4.69, 9.17) is 4.74 Å². The Labute approximate surface area is 88.8 Å². The third-order valence-electron chi connectivity index (χ3n) is 2.46. The summed E-state index contributed by atoms with van der Waals surface area (Å²) in [5, 5.41) is 8.23. The molecule has 2 aromatic rings. The Balaban J connectivity index is 2.41. The van der Waals surface area contributed by atoms with Gasteiger partial charge in [0.2, 0.25) is 0 Å².